The Morgan fingerprint density at radius 1 is 1.12 bits per heavy atom. The van der Waals surface area contributed by atoms with Crippen LogP contribution in [0.15, 0.2) is 0 Å². The van der Waals surface area contributed by atoms with Gasteiger partial charge in [-0.15, -0.1) is 0 Å². The molecule has 0 radical (unpaired) electrons. The Labute approximate surface area is 107 Å². The van der Waals surface area contributed by atoms with Crippen LogP contribution in [0, 0.1) is 5.92 Å². The molecule has 0 amide bonds. The number of piperidine rings is 1. The molecule has 0 aromatic carbocycles. The van der Waals surface area contributed by atoms with Gasteiger partial charge in [0.2, 0.25) is 0 Å². The smallest absolute Gasteiger partial charge is 0.0207 e. The van der Waals surface area contributed by atoms with Gasteiger partial charge >= 0.3 is 0 Å². The standard InChI is InChI=1S/C14H29N3/c1-3-15-14-7-11-17(12-14)10-6-13-4-8-16(2)9-5-13/h13-15H,3-12H2,1-2H3. The molecule has 0 aromatic rings. The summed E-state index contributed by atoms with van der Waals surface area (Å²) < 4.78 is 0. The van der Waals surface area contributed by atoms with E-state index >= 15 is 0 Å². The quantitative estimate of drug-likeness (QED) is 0.782. The zero-order valence-electron chi connectivity index (χ0n) is 11.6. The highest BCUT2D eigenvalue weighted by Gasteiger charge is 2.23. The lowest BCUT2D eigenvalue weighted by atomic mass is 9.94. The first-order valence-corrected chi connectivity index (χ1v) is 7.42. The third-order valence-electron chi connectivity index (χ3n) is 4.46. The van der Waals surface area contributed by atoms with Crippen molar-refractivity contribution < 1.29 is 0 Å². The largest absolute Gasteiger partial charge is 0.313 e. The SMILES string of the molecule is CCNC1CCN(CCC2CCN(C)CC2)C1. The molecule has 2 heterocycles. The molecule has 1 N–H and O–H groups in total. The fraction of sp³-hybridized carbons (Fsp3) is 1.00. The van der Waals surface area contributed by atoms with Crippen molar-refractivity contribution in [3.05, 3.63) is 0 Å². The number of hydrogen-bond acceptors (Lipinski definition) is 3. The summed E-state index contributed by atoms with van der Waals surface area (Å²) in [5.41, 5.74) is 0. The van der Waals surface area contributed by atoms with Gasteiger partial charge in [0.25, 0.3) is 0 Å². The van der Waals surface area contributed by atoms with Crippen molar-refractivity contribution in [2.24, 2.45) is 5.92 Å². The van der Waals surface area contributed by atoms with Crippen LogP contribution in [0.3, 0.4) is 0 Å². The maximum absolute atomic E-state index is 3.57. The number of likely N-dealkylation sites (tertiary alicyclic amines) is 2. The Morgan fingerprint density at radius 2 is 1.88 bits per heavy atom. The topological polar surface area (TPSA) is 18.5 Å². The Hall–Kier alpha value is -0.120. The minimum absolute atomic E-state index is 0.762. The highest BCUT2D eigenvalue weighted by molar-refractivity contribution is 4.81. The van der Waals surface area contributed by atoms with Crippen LogP contribution in [0.5, 0.6) is 0 Å². The third-order valence-corrected chi connectivity index (χ3v) is 4.46. The van der Waals surface area contributed by atoms with Crippen LogP contribution in [-0.2, 0) is 0 Å². The van der Waals surface area contributed by atoms with Crippen LogP contribution in [-0.4, -0.2) is 62.2 Å². The zero-order chi connectivity index (χ0) is 12.1. The van der Waals surface area contributed by atoms with Crippen molar-refractivity contribution >= 4 is 0 Å². The van der Waals surface area contributed by atoms with E-state index in [1.165, 1.54) is 58.4 Å². The van der Waals surface area contributed by atoms with E-state index in [4.69, 9.17) is 0 Å². The second-order valence-electron chi connectivity index (χ2n) is 5.88. The first-order chi connectivity index (χ1) is 8.28. The molecule has 0 saturated carbocycles. The summed E-state index contributed by atoms with van der Waals surface area (Å²) in [6, 6.07) is 0.762. The molecule has 1 unspecified atom stereocenters. The Balaban J connectivity index is 1.59. The molecule has 0 aromatic heterocycles. The highest BCUT2D eigenvalue weighted by Crippen LogP contribution is 2.21. The van der Waals surface area contributed by atoms with Gasteiger partial charge in [0.1, 0.15) is 0 Å². The molecule has 2 fully saturated rings. The van der Waals surface area contributed by atoms with Gasteiger partial charge in [0.05, 0.1) is 0 Å². The van der Waals surface area contributed by atoms with Gasteiger partial charge in [-0.1, -0.05) is 6.92 Å². The molecular formula is C14H29N3. The van der Waals surface area contributed by atoms with E-state index in [2.05, 4.69) is 29.1 Å². The predicted molar refractivity (Wildman–Crippen MR) is 73.4 cm³/mol. The van der Waals surface area contributed by atoms with Crippen molar-refractivity contribution in [2.75, 3.05) is 46.3 Å². The van der Waals surface area contributed by atoms with E-state index in [0.29, 0.717) is 0 Å². The minimum Gasteiger partial charge on any atom is -0.313 e. The fourth-order valence-electron chi connectivity index (χ4n) is 3.21. The fourth-order valence-corrected chi connectivity index (χ4v) is 3.21. The maximum Gasteiger partial charge on any atom is 0.0207 e. The van der Waals surface area contributed by atoms with Gasteiger partial charge in [-0.05, 0) is 71.4 Å². The summed E-state index contributed by atoms with van der Waals surface area (Å²) in [4.78, 5) is 5.12. The van der Waals surface area contributed by atoms with E-state index in [1.807, 2.05) is 0 Å². The number of nitrogens with zero attached hydrogens (tertiary/aromatic N) is 2. The number of rotatable bonds is 5. The van der Waals surface area contributed by atoms with Crippen molar-refractivity contribution in [3.8, 4) is 0 Å². The molecule has 1 atom stereocenters. The van der Waals surface area contributed by atoms with Gasteiger partial charge in [-0.2, -0.15) is 0 Å². The van der Waals surface area contributed by atoms with Crippen LogP contribution >= 0.6 is 0 Å². The average molecular weight is 239 g/mol. The average Bonchev–Trinajstić information content (AvgIpc) is 2.77. The van der Waals surface area contributed by atoms with E-state index in [0.717, 1.165) is 18.5 Å². The van der Waals surface area contributed by atoms with E-state index in [9.17, 15) is 0 Å². The summed E-state index contributed by atoms with van der Waals surface area (Å²) in [5.74, 6) is 0.990. The Kier molecular flexibility index (Phi) is 5.26. The molecule has 0 spiro atoms. The molecule has 2 aliphatic rings. The minimum atomic E-state index is 0.762. The van der Waals surface area contributed by atoms with Crippen molar-refractivity contribution in [1.29, 1.82) is 0 Å². The lowest BCUT2D eigenvalue weighted by Crippen LogP contribution is -2.34. The molecule has 2 aliphatic heterocycles. The van der Waals surface area contributed by atoms with Crippen LogP contribution in [0.25, 0.3) is 0 Å². The summed E-state index contributed by atoms with van der Waals surface area (Å²) in [6.45, 7) is 9.87. The van der Waals surface area contributed by atoms with Crippen molar-refractivity contribution in [3.63, 3.8) is 0 Å². The number of hydrogen-bond donors (Lipinski definition) is 1. The zero-order valence-corrected chi connectivity index (χ0v) is 11.6. The first kappa shape index (κ1) is 13.3. The third kappa shape index (κ3) is 4.23. The van der Waals surface area contributed by atoms with E-state index in [-0.39, 0.29) is 0 Å². The number of likely N-dealkylation sites (N-methyl/N-ethyl adjacent to an activating group) is 1. The summed E-state index contributed by atoms with van der Waals surface area (Å²) in [6.07, 6.45) is 5.61. The Bertz CT molecular complexity index is 212. The summed E-state index contributed by atoms with van der Waals surface area (Å²) >= 11 is 0. The van der Waals surface area contributed by atoms with Gasteiger partial charge in [-0.25, -0.2) is 0 Å². The van der Waals surface area contributed by atoms with Crippen LogP contribution in [0.2, 0.25) is 0 Å². The lowest BCUT2D eigenvalue weighted by molar-refractivity contribution is 0.195. The molecule has 3 nitrogen and oxygen atoms in total. The molecule has 0 bridgehead atoms. The van der Waals surface area contributed by atoms with Crippen LogP contribution in [0.1, 0.15) is 32.6 Å². The molecule has 17 heavy (non-hydrogen) atoms. The lowest BCUT2D eigenvalue weighted by Gasteiger charge is -2.30. The van der Waals surface area contributed by atoms with Crippen molar-refractivity contribution in [1.82, 2.24) is 15.1 Å². The molecule has 2 rings (SSSR count). The van der Waals surface area contributed by atoms with E-state index < -0.39 is 0 Å². The second kappa shape index (κ2) is 6.72. The summed E-state index contributed by atoms with van der Waals surface area (Å²) in [7, 11) is 2.25. The molecule has 100 valence electrons. The molecular weight excluding hydrogens is 210 g/mol. The monoisotopic (exact) mass is 239 g/mol. The Morgan fingerprint density at radius 3 is 2.59 bits per heavy atom. The van der Waals surface area contributed by atoms with Crippen LogP contribution in [0.4, 0.5) is 0 Å². The van der Waals surface area contributed by atoms with E-state index in [1.54, 1.807) is 0 Å². The van der Waals surface area contributed by atoms with Crippen LogP contribution < -0.4 is 5.32 Å². The van der Waals surface area contributed by atoms with Gasteiger partial charge in [-0.3, -0.25) is 0 Å². The second-order valence-corrected chi connectivity index (χ2v) is 5.88. The van der Waals surface area contributed by atoms with Gasteiger partial charge < -0.3 is 15.1 Å². The van der Waals surface area contributed by atoms with Gasteiger partial charge in [0, 0.05) is 12.6 Å². The molecule has 3 heteroatoms. The number of nitrogens with one attached hydrogen (secondary N) is 1. The highest BCUT2D eigenvalue weighted by atomic mass is 15.2. The summed E-state index contributed by atoms with van der Waals surface area (Å²) in [5, 5.41) is 3.57. The molecule has 2 saturated heterocycles. The maximum atomic E-state index is 3.57. The predicted octanol–water partition coefficient (Wildman–Crippen LogP) is 1.40. The van der Waals surface area contributed by atoms with Gasteiger partial charge in [0.15, 0.2) is 0 Å². The normalized spacial score (nSPS) is 28.9. The van der Waals surface area contributed by atoms with Crippen molar-refractivity contribution in [2.45, 2.75) is 38.6 Å². The molecule has 0 aliphatic carbocycles. The first-order valence-electron chi connectivity index (χ1n) is 7.42.